The number of allylic oxidation sites excluding steroid dienone is 1. The predicted molar refractivity (Wildman–Crippen MR) is 74.4 cm³/mol. The van der Waals surface area contributed by atoms with E-state index >= 15 is 0 Å². The number of hydrogen-bond donors (Lipinski definition) is 3. The van der Waals surface area contributed by atoms with E-state index in [9.17, 15) is 9.59 Å². The van der Waals surface area contributed by atoms with Gasteiger partial charge in [0, 0.05) is 6.42 Å². The quantitative estimate of drug-likeness (QED) is 0.285. The van der Waals surface area contributed by atoms with E-state index < -0.39 is 11.9 Å². The van der Waals surface area contributed by atoms with E-state index in [1.165, 1.54) is 32.6 Å². The summed E-state index contributed by atoms with van der Waals surface area (Å²) >= 11 is 0. The van der Waals surface area contributed by atoms with Gasteiger partial charge in [-0.05, 0) is 19.8 Å². The van der Waals surface area contributed by atoms with E-state index in [4.69, 9.17) is 15.6 Å². The summed E-state index contributed by atoms with van der Waals surface area (Å²) < 4.78 is 0. The summed E-state index contributed by atoms with van der Waals surface area (Å²) in [4.78, 5) is 18.8. The Morgan fingerprint density at radius 2 is 1.63 bits per heavy atom. The molecular weight excluding hydrogens is 257 g/mol. The van der Waals surface area contributed by atoms with Crippen LogP contribution < -0.4 is 29.6 Å². The molecule has 0 radical (unpaired) electrons. The van der Waals surface area contributed by atoms with Crippen molar-refractivity contribution in [1.82, 2.24) is 0 Å². The van der Waals surface area contributed by atoms with Gasteiger partial charge < -0.3 is 11.6 Å². The minimum atomic E-state index is -1.16. The van der Waals surface area contributed by atoms with Crippen LogP contribution in [-0.4, -0.2) is 27.9 Å². The Bertz CT molecular complexity index is 249. The van der Waals surface area contributed by atoms with Crippen LogP contribution in [0.15, 0.2) is 12.7 Å². The fraction of sp³-hybridized carbons (Fsp3) is 0.615. The summed E-state index contributed by atoms with van der Waals surface area (Å²) in [6, 6.07) is 0. The number of aliphatic carboxylic acids is 2. The third-order valence-corrected chi connectivity index (χ3v) is 1.64. The largest absolute Gasteiger partial charge is 1.00 e. The maximum absolute atomic E-state index is 9.47. The van der Waals surface area contributed by atoms with E-state index in [0.717, 1.165) is 0 Å². The van der Waals surface area contributed by atoms with Gasteiger partial charge >= 0.3 is 41.5 Å². The van der Waals surface area contributed by atoms with Gasteiger partial charge in [0.15, 0.2) is 0 Å². The summed E-state index contributed by atoms with van der Waals surface area (Å²) in [5, 5.41) is 21.8. The molecule has 108 valence electrons. The van der Waals surface area contributed by atoms with Crippen LogP contribution in [0.4, 0.5) is 0 Å². The number of rotatable bonds is 6. The van der Waals surface area contributed by atoms with Crippen LogP contribution in [0.2, 0.25) is 0 Å². The van der Waals surface area contributed by atoms with Gasteiger partial charge in [0.2, 0.25) is 0 Å². The van der Waals surface area contributed by atoms with Crippen LogP contribution in [0.25, 0.3) is 0 Å². The third kappa shape index (κ3) is 46.8. The molecule has 0 atom stereocenters. The van der Waals surface area contributed by atoms with Gasteiger partial charge in [0.25, 0.3) is 0 Å². The first-order valence-electron chi connectivity index (χ1n) is 5.94. The second kappa shape index (κ2) is 22.5. The summed E-state index contributed by atoms with van der Waals surface area (Å²) in [6.45, 7) is 8.67. The Labute approximate surface area is 139 Å². The number of nitrogens with one attached hydrogen (secondary N) is 1. The van der Waals surface area contributed by atoms with Crippen LogP contribution in [0, 0.1) is 5.41 Å². The van der Waals surface area contributed by atoms with E-state index in [-0.39, 0.29) is 43.1 Å². The molecule has 0 aromatic heterocycles. The van der Waals surface area contributed by atoms with Crippen LogP contribution in [0.5, 0.6) is 0 Å². The standard InChI is InChI=1S/C7H14.C3H5NO2.C3H6O2.Na.H/c1-3-5-7-6-4-2;1-2(4)3(5)6;1-2-3(4)5;;/h3H,1,4-7H2,2H3;4H,1H3,(H,5,6);2H2,1H3,(H,4,5);;/q;;;+1;-1. The molecule has 0 fully saturated rings. The molecule has 0 aromatic rings. The van der Waals surface area contributed by atoms with E-state index in [0.29, 0.717) is 0 Å². The molecule has 0 aromatic carbocycles. The molecule has 0 heterocycles. The first-order valence-corrected chi connectivity index (χ1v) is 5.94. The average molecular weight is 283 g/mol. The van der Waals surface area contributed by atoms with Crippen LogP contribution in [-0.2, 0) is 9.59 Å². The van der Waals surface area contributed by atoms with E-state index in [2.05, 4.69) is 13.5 Å². The van der Waals surface area contributed by atoms with Crippen molar-refractivity contribution in [3.05, 3.63) is 12.7 Å². The maximum Gasteiger partial charge on any atom is 1.00 e. The second-order valence-corrected chi connectivity index (χ2v) is 3.46. The van der Waals surface area contributed by atoms with Crippen molar-refractivity contribution in [1.29, 1.82) is 5.41 Å². The summed E-state index contributed by atoms with van der Waals surface area (Å²) in [5.74, 6) is -1.90. The Kier molecular flexibility index (Phi) is 31.8. The molecule has 5 nitrogen and oxygen atoms in total. The number of carboxylic acids is 2. The molecule has 0 aliphatic carbocycles. The maximum atomic E-state index is 9.47. The first kappa shape index (κ1) is 26.8. The zero-order chi connectivity index (χ0) is 15.0. The number of unbranched alkanes of at least 4 members (excludes halogenated alkanes) is 3. The van der Waals surface area contributed by atoms with Gasteiger partial charge in [-0.3, -0.25) is 10.2 Å². The molecule has 0 unspecified atom stereocenters. The van der Waals surface area contributed by atoms with Crippen molar-refractivity contribution in [2.24, 2.45) is 0 Å². The second-order valence-electron chi connectivity index (χ2n) is 3.46. The molecule has 0 bridgehead atoms. The molecule has 0 aliphatic heterocycles. The minimum absolute atomic E-state index is 0. The van der Waals surface area contributed by atoms with Gasteiger partial charge in [-0.25, -0.2) is 4.79 Å². The SMILES string of the molecule is C=CCCCCC.CC(=N)C(=O)O.CCC(=O)O.[H-].[Na+]. The van der Waals surface area contributed by atoms with Gasteiger partial charge in [-0.15, -0.1) is 6.58 Å². The average Bonchev–Trinajstić information content (AvgIpc) is 2.31. The van der Waals surface area contributed by atoms with Crippen LogP contribution in [0.3, 0.4) is 0 Å². The molecule has 0 spiro atoms. The monoisotopic (exact) mass is 283 g/mol. The molecule has 3 N–H and O–H groups in total. The van der Waals surface area contributed by atoms with Crippen molar-refractivity contribution in [2.75, 3.05) is 0 Å². The molecule has 0 saturated heterocycles. The first-order chi connectivity index (χ1) is 8.33. The number of carbonyl (C=O) groups is 2. The zero-order valence-electron chi connectivity index (χ0n) is 13.5. The van der Waals surface area contributed by atoms with Crippen molar-refractivity contribution < 1.29 is 50.8 Å². The normalized spacial score (nSPS) is 7.53. The molecular formula is C13H26NNaO4. The van der Waals surface area contributed by atoms with E-state index in [1.54, 1.807) is 6.92 Å². The Morgan fingerprint density at radius 3 is 1.79 bits per heavy atom. The number of hydrogen-bond acceptors (Lipinski definition) is 3. The Hall–Kier alpha value is -0.650. The zero-order valence-corrected chi connectivity index (χ0v) is 14.5. The molecule has 6 heteroatoms. The van der Waals surface area contributed by atoms with Gasteiger partial charge in [-0.1, -0.05) is 32.8 Å². The fourth-order valence-corrected chi connectivity index (χ4v) is 0.539. The Morgan fingerprint density at radius 1 is 1.26 bits per heavy atom. The van der Waals surface area contributed by atoms with Gasteiger partial charge in [-0.2, -0.15) is 0 Å². The van der Waals surface area contributed by atoms with Crippen molar-refractivity contribution in [3.63, 3.8) is 0 Å². The molecule has 0 aliphatic rings. The van der Waals surface area contributed by atoms with Gasteiger partial charge in [0.05, 0.1) is 0 Å². The fourth-order valence-electron chi connectivity index (χ4n) is 0.539. The van der Waals surface area contributed by atoms with E-state index in [1.807, 2.05) is 6.08 Å². The van der Waals surface area contributed by atoms with Crippen LogP contribution >= 0.6 is 0 Å². The summed E-state index contributed by atoms with van der Waals surface area (Å²) in [5.41, 5.74) is -0.324. The van der Waals surface area contributed by atoms with Crippen molar-refractivity contribution in [3.8, 4) is 0 Å². The summed E-state index contributed by atoms with van der Waals surface area (Å²) in [6.07, 6.45) is 7.38. The minimum Gasteiger partial charge on any atom is -1.00 e. The smallest absolute Gasteiger partial charge is 1.00 e. The van der Waals surface area contributed by atoms with Gasteiger partial charge in [0.1, 0.15) is 5.71 Å². The Balaban J connectivity index is -0.0000000543. The number of carboxylic acid groups (broad SMARTS) is 2. The molecule has 0 saturated carbocycles. The predicted octanol–water partition coefficient (Wildman–Crippen LogP) is 0.461. The van der Waals surface area contributed by atoms with Crippen molar-refractivity contribution >= 4 is 17.7 Å². The third-order valence-electron chi connectivity index (χ3n) is 1.64. The topological polar surface area (TPSA) is 98.5 Å². The van der Waals surface area contributed by atoms with Crippen molar-refractivity contribution in [2.45, 2.75) is 52.9 Å². The molecule has 19 heavy (non-hydrogen) atoms. The molecule has 0 amide bonds. The molecule has 0 rings (SSSR count). The summed E-state index contributed by atoms with van der Waals surface area (Å²) in [7, 11) is 0. The van der Waals surface area contributed by atoms with Crippen LogP contribution in [0.1, 0.15) is 54.3 Å².